The minimum atomic E-state index is -0.433. The average Bonchev–Trinajstić information content (AvgIpc) is 2.85. The molecule has 2 aromatic heterocycles. The van der Waals surface area contributed by atoms with Crippen molar-refractivity contribution in [3.8, 4) is 0 Å². The van der Waals surface area contributed by atoms with Crippen molar-refractivity contribution in [3.63, 3.8) is 0 Å². The second-order valence-corrected chi connectivity index (χ2v) is 7.30. The predicted molar refractivity (Wildman–Crippen MR) is 96.6 cm³/mol. The van der Waals surface area contributed by atoms with Gasteiger partial charge in [-0.25, -0.2) is 9.97 Å². The van der Waals surface area contributed by atoms with Crippen molar-refractivity contribution >= 4 is 45.2 Å². The number of amides is 1. The van der Waals surface area contributed by atoms with Crippen molar-refractivity contribution in [2.45, 2.75) is 39.1 Å². The Hall–Kier alpha value is -1.67. The Bertz CT molecular complexity index is 759. The van der Waals surface area contributed by atoms with Crippen LogP contribution >= 0.6 is 23.1 Å². The monoisotopic (exact) mass is 367 g/mol. The van der Waals surface area contributed by atoms with Crippen LogP contribution < -0.4 is 5.32 Å². The van der Waals surface area contributed by atoms with E-state index < -0.39 is 5.97 Å². The van der Waals surface area contributed by atoms with Gasteiger partial charge in [0.25, 0.3) is 0 Å². The zero-order chi connectivity index (χ0) is 17.7. The van der Waals surface area contributed by atoms with Crippen molar-refractivity contribution in [3.05, 3.63) is 16.3 Å². The first-order chi connectivity index (χ1) is 11.5. The fourth-order valence-electron chi connectivity index (χ4n) is 2.09. The number of hydrogen-bond donors (Lipinski definition) is 1. The average molecular weight is 367 g/mol. The van der Waals surface area contributed by atoms with E-state index in [0.717, 1.165) is 33.1 Å². The summed E-state index contributed by atoms with van der Waals surface area (Å²) in [5, 5.41) is 4.41. The minimum absolute atomic E-state index is 0.108. The predicted octanol–water partition coefficient (Wildman–Crippen LogP) is 2.64. The lowest BCUT2D eigenvalue weighted by atomic mass is 10.2. The first kappa shape index (κ1) is 18.7. The molecule has 8 heteroatoms. The number of thiophene rings is 1. The summed E-state index contributed by atoms with van der Waals surface area (Å²) in [6, 6.07) is 0. The molecule has 0 fully saturated rings. The zero-order valence-corrected chi connectivity index (χ0v) is 15.9. The molecule has 0 aliphatic rings. The van der Waals surface area contributed by atoms with Gasteiger partial charge in [-0.3, -0.25) is 9.59 Å². The number of ether oxygens (including phenoxy) is 1. The van der Waals surface area contributed by atoms with Crippen LogP contribution in [0, 0.1) is 13.8 Å². The quantitative estimate of drug-likeness (QED) is 0.460. The first-order valence-electron chi connectivity index (χ1n) is 7.77. The molecule has 1 N–H and O–H groups in total. The molecule has 2 rings (SSSR count). The van der Waals surface area contributed by atoms with E-state index in [1.807, 2.05) is 13.8 Å². The maximum absolute atomic E-state index is 11.9. The van der Waals surface area contributed by atoms with E-state index in [4.69, 9.17) is 4.74 Å². The Morgan fingerprint density at radius 2 is 2.00 bits per heavy atom. The largest absolute Gasteiger partial charge is 0.465 e. The van der Waals surface area contributed by atoms with Crippen LogP contribution in [0.15, 0.2) is 5.03 Å². The number of nitrogens with zero attached hydrogens (tertiary/aromatic N) is 2. The van der Waals surface area contributed by atoms with Gasteiger partial charge in [-0.15, -0.1) is 11.3 Å². The highest BCUT2D eigenvalue weighted by atomic mass is 32.2. The van der Waals surface area contributed by atoms with Gasteiger partial charge in [0.15, 0.2) is 0 Å². The molecule has 0 saturated heterocycles. The molecule has 24 heavy (non-hydrogen) atoms. The number of aryl methyl sites for hydroxylation is 3. The van der Waals surface area contributed by atoms with E-state index >= 15 is 0 Å². The van der Waals surface area contributed by atoms with E-state index in [1.165, 1.54) is 16.6 Å². The van der Waals surface area contributed by atoms with Gasteiger partial charge in [0.05, 0.1) is 12.4 Å². The fraction of sp³-hybridized carbons (Fsp3) is 0.500. The number of fused-ring (bicyclic) bond motifs is 1. The van der Waals surface area contributed by atoms with Crippen LogP contribution in [0.1, 0.15) is 30.1 Å². The standard InChI is InChI=1S/C16H21N3O3S2/c1-5-11-18-15(14-9(3)10(4)24-16(14)19-11)23-8-12(20)17-7-13(21)22-6-2/h5-8H2,1-4H3,(H,17,20). The summed E-state index contributed by atoms with van der Waals surface area (Å²) in [6.45, 7) is 8.05. The molecule has 2 aromatic rings. The number of rotatable bonds is 7. The molecule has 0 aliphatic carbocycles. The van der Waals surface area contributed by atoms with E-state index in [-0.39, 0.29) is 18.2 Å². The number of carbonyl (C=O) groups is 2. The van der Waals surface area contributed by atoms with E-state index in [1.54, 1.807) is 18.3 Å². The Kier molecular flexibility index (Phi) is 6.56. The van der Waals surface area contributed by atoms with Crippen molar-refractivity contribution < 1.29 is 14.3 Å². The maximum Gasteiger partial charge on any atom is 0.325 e. The molecule has 0 aliphatic heterocycles. The molecule has 130 valence electrons. The molecular weight excluding hydrogens is 346 g/mol. The second-order valence-electron chi connectivity index (χ2n) is 5.13. The number of esters is 1. The Morgan fingerprint density at radius 1 is 1.25 bits per heavy atom. The fourth-order valence-corrected chi connectivity index (χ4v) is 4.13. The van der Waals surface area contributed by atoms with Crippen LogP contribution in [-0.2, 0) is 20.7 Å². The summed E-state index contributed by atoms with van der Waals surface area (Å²) in [6.07, 6.45) is 0.745. The number of thioether (sulfide) groups is 1. The minimum Gasteiger partial charge on any atom is -0.465 e. The highest BCUT2D eigenvalue weighted by Gasteiger charge is 2.16. The Balaban J connectivity index is 2.09. The summed E-state index contributed by atoms with van der Waals surface area (Å²) in [5.41, 5.74) is 1.16. The van der Waals surface area contributed by atoms with Crippen LogP contribution in [0.2, 0.25) is 0 Å². The van der Waals surface area contributed by atoms with Crippen LogP contribution in [-0.4, -0.2) is 40.7 Å². The summed E-state index contributed by atoms with van der Waals surface area (Å²) in [7, 11) is 0. The maximum atomic E-state index is 11.9. The molecule has 0 atom stereocenters. The lowest BCUT2D eigenvalue weighted by Gasteiger charge is -2.07. The second kappa shape index (κ2) is 8.43. The molecule has 0 unspecified atom stereocenters. The highest BCUT2D eigenvalue weighted by molar-refractivity contribution is 8.00. The van der Waals surface area contributed by atoms with Crippen LogP contribution in [0.25, 0.3) is 10.2 Å². The van der Waals surface area contributed by atoms with Gasteiger partial charge in [-0.1, -0.05) is 18.7 Å². The molecule has 0 radical (unpaired) electrons. The van der Waals surface area contributed by atoms with E-state index in [2.05, 4.69) is 22.2 Å². The molecule has 6 nitrogen and oxygen atoms in total. The normalized spacial score (nSPS) is 10.8. The number of aromatic nitrogens is 2. The molecular formula is C16H21N3O3S2. The van der Waals surface area contributed by atoms with Gasteiger partial charge in [-0.05, 0) is 26.3 Å². The van der Waals surface area contributed by atoms with Crippen LogP contribution in [0.4, 0.5) is 0 Å². The summed E-state index contributed by atoms with van der Waals surface area (Å²) in [5.74, 6) is 0.321. The first-order valence-corrected chi connectivity index (χ1v) is 9.58. The molecule has 0 bridgehead atoms. The zero-order valence-electron chi connectivity index (χ0n) is 14.3. The number of carbonyl (C=O) groups excluding carboxylic acids is 2. The third-order valence-corrected chi connectivity index (χ3v) is 5.51. The molecule has 0 spiro atoms. The van der Waals surface area contributed by atoms with E-state index in [9.17, 15) is 9.59 Å². The van der Waals surface area contributed by atoms with Crippen molar-refractivity contribution in [1.29, 1.82) is 0 Å². The highest BCUT2D eigenvalue weighted by Crippen LogP contribution is 2.35. The van der Waals surface area contributed by atoms with Gasteiger partial charge >= 0.3 is 5.97 Å². The summed E-state index contributed by atoms with van der Waals surface area (Å²) >= 11 is 3.02. The van der Waals surface area contributed by atoms with Gasteiger partial charge in [0.1, 0.15) is 22.2 Å². The lowest BCUT2D eigenvalue weighted by Crippen LogP contribution is -2.31. The number of nitrogens with one attached hydrogen (secondary N) is 1. The third-order valence-electron chi connectivity index (χ3n) is 3.43. The van der Waals surface area contributed by atoms with Gasteiger partial charge in [0, 0.05) is 16.7 Å². The van der Waals surface area contributed by atoms with Crippen LogP contribution in [0.5, 0.6) is 0 Å². The van der Waals surface area contributed by atoms with Crippen molar-refractivity contribution in [2.24, 2.45) is 0 Å². The Morgan fingerprint density at radius 3 is 2.67 bits per heavy atom. The third kappa shape index (κ3) is 4.45. The van der Waals surface area contributed by atoms with E-state index in [0.29, 0.717) is 6.61 Å². The van der Waals surface area contributed by atoms with Gasteiger partial charge < -0.3 is 10.1 Å². The Labute approximate surface area is 149 Å². The number of hydrogen-bond acceptors (Lipinski definition) is 7. The topological polar surface area (TPSA) is 81.2 Å². The van der Waals surface area contributed by atoms with Crippen molar-refractivity contribution in [2.75, 3.05) is 18.9 Å². The van der Waals surface area contributed by atoms with Crippen LogP contribution in [0.3, 0.4) is 0 Å². The van der Waals surface area contributed by atoms with Gasteiger partial charge in [0.2, 0.25) is 5.91 Å². The molecule has 0 saturated carbocycles. The summed E-state index contributed by atoms with van der Waals surface area (Å²) < 4.78 is 4.78. The summed E-state index contributed by atoms with van der Waals surface area (Å²) in [4.78, 5) is 34.5. The van der Waals surface area contributed by atoms with Gasteiger partial charge in [-0.2, -0.15) is 0 Å². The SMILES string of the molecule is CCOC(=O)CNC(=O)CSc1nc(CC)nc2sc(C)c(C)c12. The molecule has 1 amide bonds. The smallest absolute Gasteiger partial charge is 0.325 e. The van der Waals surface area contributed by atoms with Crippen molar-refractivity contribution in [1.82, 2.24) is 15.3 Å². The lowest BCUT2D eigenvalue weighted by molar-refractivity contribution is -0.143. The molecule has 2 heterocycles. The molecule has 0 aromatic carbocycles.